The van der Waals surface area contributed by atoms with Crippen LogP contribution in [-0.2, 0) is 4.79 Å². The maximum Gasteiger partial charge on any atom is 0.251 e. The minimum atomic E-state index is -0.844. The summed E-state index contributed by atoms with van der Waals surface area (Å²) in [5.74, 6) is -1.59. The van der Waals surface area contributed by atoms with E-state index < -0.39 is 17.8 Å². The molecule has 86 valence electrons. The van der Waals surface area contributed by atoms with Gasteiger partial charge < -0.3 is 10.5 Å². The van der Waals surface area contributed by atoms with Gasteiger partial charge in [-0.05, 0) is 26.0 Å². The molecule has 0 aliphatic heterocycles. The van der Waals surface area contributed by atoms with Crippen molar-refractivity contribution in [1.82, 2.24) is 0 Å². The Morgan fingerprint density at radius 3 is 2.50 bits per heavy atom. The fourth-order valence-electron chi connectivity index (χ4n) is 1.06. The summed E-state index contributed by atoms with van der Waals surface area (Å²) in [5, 5.41) is 0. The number of nitrogens with two attached hydrogens (primary N) is 1. The summed E-state index contributed by atoms with van der Waals surface area (Å²) < 4.78 is 18.4. The van der Waals surface area contributed by atoms with Gasteiger partial charge in [-0.3, -0.25) is 9.59 Å². The molecule has 16 heavy (non-hydrogen) atoms. The van der Waals surface area contributed by atoms with Crippen molar-refractivity contribution in [1.29, 1.82) is 0 Å². The molecule has 4 nitrogen and oxygen atoms in total. The van der Waals surface area contributed by atoms with E-state index in [4.69, 9.17) is 10.5 Å². The fraction of sp³-hybridized carbons (Fsp3) is 0.273. The Kier molecular flexibility index (Phi) is 3.60. The molecular weight excluding hydrogens is 213 g/mol. The van der Waals surface area contributed by atoms with Crippen LogP contribution in [0.3, 0.4) is 0 Å². The zero-order chi connectivity index (χ0) is 12.3. The first-order valence-corrected chi connectivity index (χ1v) is 4.68. The SMILES string of the molecule is CC(=O)C(C)Oc1ccc(C(N)=O)c(F)c1. The van der Waals surface area contributed by atoms with Crippen LogP contribution in [0.5, 0.6) is 5.75 Å². The first-order chi connectivity index (χ1) is 7.41. The van der Waals surface area contributed by atoms with Crippen molar-refractivity contribution in [3.8, 4) is 5.75 Å². The minimum absolute atomic E-state index is 0.167. The number of rotatable bonds is 4. The van der Waals surface area contributed by atoms with E-state index in [1.165, 1.54) is 19.1 Å². The Morgan fingerprint density at radius 1 is 1.44 bits per heavy atom. The predicted molar refractivity (Wildman–Crippen MR) is 55.7 cm³/mol. The van der Waals surface area contributed by atoms with Crippen molar-refractivity contribution in [3.05, 3.63) is 29.6 Å². The molecule has 0 aliphatic carbocycles. The third kappa shape index (κ3) is 2.79. The number of halogens is 1. The Labute approximate surface area is 92.2 Å². The maximum atomic E-state index is 13.3. The maximum absolute atomic E-state index is 13.3. The van der Waals surface area contributed by atoms with E-state index in [9.17, 15) is 14.0 Å². The molecule has 0 bridgehead atoms. The third-order valence-corrected chi connectivity index (χ3v) is 2.09. The summed E-state index contributed by atoms with van der Waals surface area (Å²) in [6, 6.07) is 3.64. The lowest BCUT2D eigenvalue weighted by Crippen LogP contribution is -2.21. The Bertz CT molecular complexity index is 431. The van der Waals surface area contributed by atoms with E-state index in [0.717, 1.165) is 6.07 Å². The standard InChI is InChI=1S/C11H12FNO3/c1-6(14)7(2)16-8-3-4-9(11(13)15)10(12)5-8/h3-5,7H,1-2H3,(H2,13,15). The van der Waals surface area contributed by atoms with E-state index in [0.29, 0.717) is 0 Å². The van der Waals surface area contributed by atoms with Crippen molar-refractivity contribution in [3.63, 3.8) is 0 Å². The highest BCUT2D eigenvalue weighted by atomic mass is 19.1. The number of carbonyl (C=O) groups is 2. The van der Waals surface area contributed by atoms with Crippen LogP contribution in [0.4, 0.5) is 4.39 Å². The molecule has 0 saturated heterocycles. The monoisotopic (exact) mass is 225 g/mol. The molecular formula is C11H12FNO3. The van der Waals surface area contributed by atoms with Gasteiger partial charge in [-0.2, -0.15) is 0 Å². The summed E-state index contributed by atoms with van der Waals surface area (Å²) in [6.07, 6.45) is -0.654. The lowest BCUT2D eigenvalue weighted by molar-refractivity contribution is -0.122. The first-order valence-electron chi connectivity index (χ1n) is 4.68. The second kappa shape index (κ2) is 4.74. The van der Waals surface area contributed by atoms with E-state index in [1.807, 2.05) is 0 Å². The number of hydrogen-bond acceptors (Lipinski definition) is 3. The molecule has 0 spiro atoms. The summed E-state index contributed by atoms with van der Waals surface area (Å²) >= 11 is 0. The number of amides is 1. The molecule has 0 aromatic heterocycles. The smallest absolute Gasteiger partial charge is 0.251 e. The Morgan fingerprint density at radius 2 is 2.06 bits per heavy atom. The summed E-state index contributed by atoms with van der Waals surface area (Å²) in [6.45, 7) is 2.93. The highest BCUT2D eigenvalue weighted by Gasteiger charge is 2.12. The van der Waals surface area contributed by atoms with Crippen molar-refractivity contribution >= 4 is 11.7 Å². The fourth-order valence-corrected chi connectivity index (χ4v) is 1.06. The summed E-state index contributed by atoms with van der Waals surface area (Å²) in [7, 11) is 0. The lowest BCUT2D eigenvalue weighted by Gasteiger charge is -2.11. The number of Topliss-reactive ketones (excluding diaryl/α,β-unsaturated/α-hetero) is 1. The van der Waals surface area contributed by atoms with Gasteiger partial charge in [-0.1, -0.05) is 0 Å². The van der Waals surface area contributed by atoms with Crippen LogP contribution < -0.4 is 10.5 Å². The second-order valence-corrected chi connectivity index (χ2v) is 3.38. The molecule has 2 N–H and O–H groups in total. The topological polar surface area (TPSA) is 69.4 Å². The molecule has 0 aliphatic rings. The van der Waals surface area contributed by atoms with Crippen molar-refractivity contribution in [2.45, 2.75) is 20.0 Å². The molecule has 1 unspecified atom stereocenters. The second-order valence-electron chi connectivity index (χ2n) is 3.38. The number of primary amides is 1. The molecule has 5 heteroatoms. The number of hydrogen-bond donors (Lipinski definition) is 1. The van der Waals surface area contributed by atoms with Crippen LogP contribution >= 0.6 is 0 Å². The lowest BCUT2D eigenvalue weighted by atomic mass is 10.2. The van der Waals surface area contributed by atoms with Crippen LogP contribution in [0, 0.1) is 5.82 Å². The number of benzene rings is 1. The van der Waals surface area contributed by atoms with Gasteiger partial charge in [0.1, 0.15) is 11.6 Å². The Hall–Kier alpha value is -1.91. The molecule has 1 aromatic carbocycles. The van der Waals surface area contributed by atoms with E-state index in [1.54, 1.807) is 6.92 Å². The zero-order valence-corrected chi connectivity index (χ0v) is 8.99. The molecule has 1 rings (SSSR count). The van der Waals surface area contributed by atoms with Gasteiger partial charge in [0.15, 0.2) is 11.9 Å². The van der Waals surface area contributed by atoms with Gasteiger partial charge in [0.2, 0.25) is 0 Å². The molecule has 1 amide bonds. The molecule has 0 heterocycles. The van der Waals surface area contributed by atoms with Gasteiger partial charge >= 0.3 is 0 Å². The predicted octanol–water partition coefficient (Wildman–Crippen LogP) is 1.28. The van der Waals surface area contributed by atoms with Crippen molar-refractivity contribution < 1.29 is 18.7 Å². The molecule has 0 saturated carbocycles. The number of ether oxygens (including phenoxy) is 1. The van der Waals surface area contributed by atoms with E-state index >= 15 is 0 Å². The molecule has 0 radical (unpaired) electrons. The molecule has 0 fully saturated rings. The minimum Gasteiger partial charge on any atom is -0.483 e. The van der Waals surface area contributed by atoms with Gasteiger partial charge in [0.05, 0.1) is 5.56 Å². The van der Waals surface area contributed by atoms with Crippen LogP contribution in [-0.4, -0.2) is 17.8 Å². The normalized spacial score (nSPS) is 11.9. The quantitative estimate of drug-likeness (QED) is 0.839. The Balaban J connectivity index is 2.89. The molecule has 1 aromatic rings. The zero-order valence-electron chi connectivity index (χ0n) is 8.99. The largest absolute Gasteiger partial charge is 0.483 e. The van der Waals surface area contributed by atoms with Gasteiger partial charge in [0.25, 0.3) is 5.91 Å². The van der Waals surface area contributed by atoms with Gasteiger partial charge in [0, 0.05) is 6.07 Å². The van der Waals surface area contributed by atoms with Crippen LogP contribution in [0.15, 0.2) is 18.2 Å². The van der Waals surface area contributed by atoms with Crippen molar-refractivity contribution in [2.75, 3.05) is 0 Å². The van der Waals surface area contributed by atoms with E-state index in [-0.39, 0.29) is 17.1 Å². The van der Waals surface area contributed by atoms with Crippen molar-refractivity contribution in [2.24, 2.45) is 5.73 Å². The first kappa shape index (κ1) is 12.2. The highest BCUT2D eigenvalue weighted by molar-refractivity contribution is 5.93. The summed E-state index contributed by atoms with van der Waals surface area (Å²) in [4.78, 5) is 21.7. The average Bonchev–Trinajstić information content (AvgIpc) is 2.16. The van der Waals surface area contributed by atoms with Crippen LogP contribution in [0.25, 0.3) is 0 Å². The van der Waals surface area contributed by atoms with E-state index in [2.05, 4.69) is 0 Å². The summed E-state index contributed by atoms with van der Waals surface area (Å²) in [5.41, 5.74) is 4.73. The molecule has 1 atom stereocenters. The highest BCUT2D eigenvalue weighted by Crippen LogP contribution is 2.17. The third-order valence-electron chi connectivity index (χ3n) is 2.09. The number of carbonyl (C=O) groups excluding carboxylic acids is 2. The number of ketones is 1. The van der Waals surface area contributed by atoms with Crippen LogP contribution in [0.2, 0.25) is 0 Å². The van der Waals surface area contributed by atoms with Gasteiger partial charge in [-0.25, -0.2) is 4.39 Å². The average molecular weight is 225 g/mol. The van der Waals surface area contributed by atoms with Crippen LogP contribution in [0.1, 0.15) is 24.2 Å². The van der Waals surface area contributed by atoms with Gasteiger partial charge in [-0.15, -0.1) is 0 Å².